The van der Waals surface area contributed by atoms with Crippen LogP contribution in [0.1, 0.15) is 66.4 Å². The van der Waals surface area contributed by atoms with Gasteiger partial charge in [0.05, 0.1) is 0 Å². The minimum atomic E-state index is -0.699. The molecule has 2 fully saturated rings. The minimum absolute atomic E-state index is 0.117. The average molecular weight is 478 g/mol. The summed E-state index contributed by atoms with van der Waals surface area (Å²) in [6.45, 7) is 4.00. The van der Waals surface area contributed by atoms with Gasteiger partial charge in [-0.15, -0.1) is 11.8 Å². The molecule has 1 saturated heterocycles. The number of carbonyl (C=O) groups is 3. The predicted octanol–water partition coefficient (Wildman–Crippen LogP) is 3.82. The van der Waals surface area contributed by atoms with Crippen LogP contribution in [0.5, 0.6) is 0 Å². The highest BCUT2D eigenvalue weighted by atomic mass is 32.2. The molecule has 1 aliphatic carbocycles. The van der Waals surface area contributed by atoms with Crippen molar-refractivity contribution < 1.29 is 14.4 Å². The van der Waals surface area contributed by atoms with Crippen molar-refractivity contribution in [2.24, 2.45) is 0 Å². The summed E-state index contributed by atoms with van der Waals surface area (Å²) in [4.78, 5) is 42.0. The molecule has 7 heteroatoms. The van der Waals surface area contributed by atoms with Gasteiger partial charge in [0.15, 0.2) is 0 Å². The van der Waals surface area contributed by atoms with Crippen molar-refractivity contribution in [3.63, 3.8) is 0 Å². The van der Waals surface area contributed by atoms with Gasteiger partial charge >= 0.3 is 0 Å². The molecule has 5 rings (SSSR count). The van der Waals surface area contributed by atoms with Crippen molar-refractivity contribution >= 4 is 29.5 Å². The molecule has 0 aromatic heterocycles. The van der Waals surface area contributed by atoms with E-state index in [9.17, 15) is 14.4 Å². The van der Waals surface area contributed by atoms with Gasteiger partial charge in [0.1, 0.15) is 17.5 Å². The molecule has 1 saturated carbocycles. The number of amides is 3. The molecule has 6 nitrogen and oxygen atoms in total. The lowest BCUT2D eigenvalue weighted by Gasteiger charge is -2.31. The van der Waals surface area contributed by atoms with Crippen molar-refractivity contribution in [1.82, 2.24) is 15.5 Å². The van der Waals surface area contributed by atoms with Crippen LogP contribution in [0.3, 0.4) is 0 Å². The summed E-state index contributed by atoms with van der Waals surface area (Å²) < 4.78 is -0.489. The molecule has 3 aliphatic rings. The smallest absolute Gasteiger partial charge is 0.256 e. The molecule has 2 aromatic rings. The number of fused-ring (bicyclic) bond motifs is 3. The van der Waals surface area contributed by atoms with Gasteiger partial charge < -0.3 is 15.5 Å². The molecular weight excluding hydrogens is 446 g/mol. The molecule has 2 heterocycles. The van der Waals surface area contributed by atoms with E-state index in [4.69, 9.17) is 0 Å². The first kappa shape index (κ1) is 23.0. The predicted molar refractivity (Wildman–Crippen MR) is 133 cm³/mol. The van der Waals surface area contributed by atoms with Crippen molar-refractivity contribution in [3.05, 3.63) is 71.3 Å². The van der Waals surface area contributed by atoms with Crippen LogP contribution in [-0.4, -0.2) is 45.5 Å². The maximum Gasteiger partial charge on any atom is 0.256 e. The summed E-state index contributed by atoms with van der Waals surface area (Å²) in [6.07, 6.45) is 4.60. The highest BCUT2D eigenvalue weighted by molar-refractivity contribution is 8.01. The Kier molecular flexibility index (Phi) is 6.15. The molecule has 34 heavy (non-hydrogen) atoms. The Balaban J connectivity index is 1.38. The zero-order chi connectivity index (χ0) is 23.9. The summed E-state index contributed by atoms with van der Waals surface area (Å²) in [5.74, 6) is -0.544. The number of rotatable bonds is 6. The van der Waals surface area contributed by atoms with Gasteiger partial charge in [-0.2, -0.15) is 0 Å². The van der Waals surface area contributed by atoms with Crippen LogP contribution in [-0.2, 0) is 16.0 Å². The van der Waals surface area contributed by atoms with Gasteiger partial charge in [0.25, 0.3) is 5.91 Å². The van der Waals surface area contributed by atoms with E-state index >= 15 is 0 Å². The van der Waals surface area contributed by atoms with Gasteiger partial charge in [-0.25, -0.2) is 0 Å². The Morgan fingerprint density at radius 2 is 1.74 bits per heavy atom. The second-order valence-corrected chi connectivity index (χ2v) is 11.8. The highest BCUT2D eigenvalue weighted by Crippen LogP contribution is 2.56. The molecular formula is C27H31N3O3S. The molecule has 2 aromatic carbocycles. The fourth-order valence-corrected chi connectivity index (χ4v) is 7.07. The van der Waals surface area contributed by atoms with Gasteiger partial charge in [0.2, 0.25) is 11.8 Å². The van der Waals surface area contributed by atoms with E-state index in [0.717, 1.165) is 36.8 Å². The number of hydrogen-bond acceptors (Lipinski definition) is 4. The van der Waals surface area contributed by atoms with E-state index in [1.54, 1.807) is 16.7 Å². The lowest BCUT2D eigenvalue weighted by Crippen LogP contribution is -2.58. The Hall–Kier alpha value is -2.80. The fraction of sp³-hybridized carbons (Fsp3) is 0.444. The van der Waals surface area contributed by atoms with Crippen LogP contribution in [0, 0.1) is 0 Å². The van der Waals surface area contributed by atoms with Crippen LogP contribution in [0.4, 0.5) is 0 Å². The van der Waals surface area contributed by atoms with Crippen molar-refractivity contribution in [2.75, 3.05) is 0 Å². The quantitative estimate of drug-likeness (QED) is 0.663. The zero-order valence-electron chi connectivity index (χ0n) is 19.6. The van der Waals surface area contributed by atoms with E-state index in [1.165, 1.54) is 0 Å². The third-order valence-corrected chi connectivity index (χ3v) is 8.70. The first-order valence-corrected chi connectivity index (χ1v) is 13.0. The van der Waals surface area contributed by atoms with Gasteiger partial charge in [-0.3, -0.25) is 14.4 Å². The molecule has 3 amide bonds. The third-order valence-electron chi connectivity index (χ3n) is 7.16. The van der Waals surface area contributed by atoms with Crippen molar-refractivity contribution in [1.29, 1.82) is 0 Å². The Labute approximate surface area is 204 Å². The monoisotopic (exact) mass is 477 g/mol. The van der Waals surface area contributed by atoms with Crippen LogP contribution in [0.25, 0.3) is 0 Å². The van der Waals surface area contributed by atoms with Crippen LogP contribution >= 0.6 is 11.8 Å². The Bertz CT molecular complexity index is 1100. The standard InChI is InChI=1S/C27H31N3O3S/c1-27(2)22(30-25(33)19-14-8-9-15-20(19)26(30)34-27)24(32)29-21(16-17-10-4-3-5-11-17)23(31)28-18-12-6-7-13-18/h3-5,8-11,14-15,18,21-22,26H,6-7,12-13,16H2,1-2H3,(H,28,31)(H,29,32)/t21-,22+,26-/m0/s1. The first-order chi connectivity index (χ1) is 16.3. The largest absolute Gasteiger partial charge is 0.352 e. The molecule has 2 N–H and O–H groups in total. The number of nitrogens with zero attached hydrogens (tertiary/aromatic N) is 1. The fourth-order valence-electron chi connectivity index (χ4n) is 5.49. The van der Waals surface area contributed by atoms with Crippen molar-refractivity contribution in [2.45, 2.75) is 74.2 Å². The summed E-state index contributed by atoms with van der Waals surface area (Å²) >= 11 is 1.63. The van der Waals surface area contributed by atoms with E-state index < -0.39 is 16.8 Å². The van der Waals surface area contributed by atoms with E-state index in [0.29, 0.717) is 12.0 Å². The van der Waals surface area contributed by atoms with E-state index in [2.05, 4.69) is 10.6 Å². The maximum atomic E-state index is 13.7. The van der Waals surface area contributed by atoms with Gasteiger partial charge in [-0.1, -0.05) is 61.4 Å². The lowest BCUT2D eigenvalue weighted by molar-refractivity contribution is -0.132. The molecule has 178 valence electrons. The molecule has 0 spiro atoms. The lowest BCUT2D eigenvalue weighted by atomic mass is 9.99. The number of benzene rings is 2. The second-order valence-electron chi connectivity index (χ2n) is 10.0. The highest BCUT2D eigenvalue weighted by Gasteiger charge is 2.57. The number of hydrogen-bond donors (Lipinski definition) is 2. The van der Waals surface area contributed by atoms with Gasteiger partial charge in [0, 0.05) is 22.8 Å². The molecule has 2 aliphatic heterocycles. The molecule has 3 atom stereocenters. The summed E-state index contributed by atoms with van der Waals surface area (Å²) in [5.41, 5.74) is 2.60. The second kappa shape index (κ2) is 9.10. The average Bonchev–Trinajstić information content (AvgIpc) is 3.49. The SMILES string of the molecule is CC1(C)S[C@H]2c3ccccc3C(=O)N2[C@@H]1C(=O)N[C@@H](Cc1ccccc1)C(=O)NC1CCCC1. The normalized spacial score (nSPS) is 23.9. The molecule has 0 bridgehead atoms. The molecule has 0 radical (unpaired) electrons. The van der Waals surface area contributed by atoms with Crippen LogP contribution in [0.2, 0.25) is 0 Å². The number of thioether (sulfide) groups is 1. The topological polar surface area (TPSA) is 78.5 Å². The third kappa shape index (κ3) is 4.22. The summed E-state index contributed by atoms with van der Waals surface area (Å²) in [5, 5.41) is 6.00. The summed E-state index contributed by atoms with van der Waals surface area (Å²) in [6, 6.07) is 16.1. The van der Waals surface area contributed by atoms with Crippen LogP contribution in [0.15, 0.2) is 54.6 Å². The first-order valence-electron chi connectivity index (χ1n) is 12.1. The van der Waals surface area contributed by atoms with Crippen molar-refractivity contribution in [3.8, 4) is 0 Å². The maximum absolute atomic E-state index is 13.7. The van der Waals surface area contributed by atoms with Crippen LogP contribution < -0.4 is 10.6 Å². The number of carbonyl (C=O) groups excluding carboxylic acids is 3. The van der Waals surface area contributed by atoms with Gasteiger partial charge in [-0.05, 0) is 43.9 Å². The number of nitrogens with one attached hydrogen (secondary N) is 2. The Morgan fingerprint density at radius 1 is 1.06 bits per heavy atom. The summed E-state index contributed by atoms with van der Waals surface area (Å²) in [7, 11) is 0. The molecule has 0 unspecified atom stereocenters. The zero-order valence-corrected chi connectivity index (χ0v) is 20.4. The van der Waals surface area contributed by atoms with E-state index in [-0.39, 0.29) is 29.1 Å². The van der Waals surface area contributed by atoms with E-state index in [1.807, 2.05) is 68.4 Å². The Morgan fingerprint density at radius 3 is 2.47 bits per heavy atom. The minimum Gasteiger partial charge on any atom is -0.352 e.